The Hall–Kier alpha value is -2.36. The molecule has 0 aliphatic carbocycles. The van der Waals surface area contributed by atoms with E-state index < -0.39 is 11.9 Å². The van der Waals surface area contributed by atoms with Crippen molar-refractivity contribution in [3.8, 4) is 0 Å². The lowest BCUT2D eigenvalue weighted by Gasteiger charge is -2.10. The van der Waals surface area contributed by atoms with E-state index >= 15 is 0 Å². The zero-order valence-corrected chi connectivity index (χ0v) is 11.5. The summed E-state index contributed by atoms with van der Waals surface area (Å²) in [5, 5.41) is 1.76. The summed E-state index contributed by atoms with van der Waals surface area (Å²) in [6, 6.07) is 10.8. The number of esters is 2. The van der Waals surface area contributed by atoms with Crippen LogP contribution in [0.3, 0.4) is 0 Å². The second-order valence-electron chi connectivity index (χ2n) is 4.19. The van der Waals surface area contributed by atoms with E-state index in [1.54, 1.807) is 26.0 Å². The molecule has 0 spiro atoms. The zero-order chi connectivity index (χ0) is 14.5. The van der Waals surface area contributed by atoms with Crippen LogP contribution in [0, 0.1) is 0 Å². The number of hydrogen-bond acceptors (Lipinski definition) is 4. The Morgan fingerprint density at radius 2 is 1.25 bits per heavy atom. The molecule has 4 nitrogen and oxygen atoms in total. The molecule has 0 saturated carbocycles. The number of fused-ring (bicyclic) bond motifs is 1. The van der Waals surface area contributed by atoms with E-state index in [0.29, 0.717) is 0 Å². The molecule has 104 valence electrons. The van der Waals surface area contributed by atoms with Gasteiger partial charge >= 0.3 is 11.9 Å². The third-order valence-corrected chi connectivity index (χ3v) is 2.88. The van der Waals surface area contributed by atoms with Crippen molar-refractivity contribution in [3.63, 3.8) is 0 Å². The molecule has 0 heterocycles. The molecule has 0 amide bonds. The van der Waals surface area contributed by atoms with Crippen molar-refractivity contribution in [2.45, 2.75) is 13.8 Å². The largest absolute Gasteiger partial charge is 0.462 e. The summed E-state index contributed by atoms with van der Waals surface area (Å²) in [4.78, 5) is 24.0. The summed E-state index contributed by atoms with van der Waals surface area (Å²) in [5.41, 5.74) is 0.480. The van der Waals surface area contributed by atoms with Crippen molar-refractivity contribution in [3.05, 3.63) is 47.5 Å². The summed E-state index contributed by atoms with van der Waals surface area (Å²) in [7, 11) is 0. The van der Waals surface area contributed by atoms with Gasteiger partial charge in [-0.05, 0) is 36.8 Å². The molecule has 2 rings (SSSR count). The van der Waals surface area contributed by atoms with Crippen LogP contribution >= 0.6 is 0 Å². The van der Waals surface area contributed by atoms with E-state index in [1.165, 1.54) is 0 Å². The number of benzene rings is 2. The quantitative estimate of drug-likeness (QED) is 0.802. The summed E-state index contributed by atoms with van der Waals surface area (Å²) in [5.74, 6) is -1.03. The summed E-state index contributed by atoms with van der Waals surface area (Å²) in [6.45, 7) is 3.97. The molecule has 2 aromatic rings. The molecule has 0 radical (unpaired) electrons. The first kappa shape index (κ1) is 14.1. The highest BCUT2D eigenvalue weighted by molar-refractivity contribution is 6.07. The van der Waals surface area contributed by atoms with Gasteiger partial charge in [0.25, 0.3) is 0 Å². The first-order valence-corrected chi connectivity index (χ1v) is 6.54. The maximum absolute atomic E-state index is 12.0. The minimum atomic E-state index is -0.513. The van der Waals surface area contributed by atoms with Crippen LogP contribution in [0.2, 0.25) is 0 Å². The Morgan fingerprint density at radius 3 is 1.60 bits per heavy atom. The average Bonchev–Trinajstić information content (AvgIpc) is 2.46. The van der Waals surface area contributed by atoms with Crippen molar-refractivity contribution in [2.75, 3.05) is 13.2 Å². The molecule has 0 bridgehead atoms. The van der Waals surface area contributed by atoms with E-state index in [4.69, 9.17) is 9.47 Å². The van der Waals surface area contributed by atoms with Gasteiger partial charge in [-0.3, -0.25) is 0 Å². The molecule has 0 aromatic heterocycles. The first-order valence-electron chi connectivity index (χ1n) is 6.54. The van der Waals surface area contributed by atoms with Gasteiger partial charge in [0.05, 0.1) is 24.3 Å². The highest BCUT2D eigenvalue weighted by atomic mass is 16.5. The van der Waals surface area contributed by atoms with E-state index in [1.807, 2.05) is 24.3 Å². The van der Waals surface area contributed by atoms with Gasteiger partial charge in [-0.1, -0.05) is 24.3 Å². The third-order valence-electron chi connectivity index (χ3n) is 2.88. The SMILES string of the molecule is CCOC(=O)c1cc2ccccc2cc1C(=O)OCC. The second kappa shape index (κ2) is 6.19. The standard InChI is InChI=1S/C16H16O4/c1-3-19-15(17)13-9-11-7-5-6-8-12(11)10-14(13)16(18)20-4-2/h5-10H,3-4H2,1-2H3. The van der Waals surface area contributed by atoms with E-state index in [2.05, 4.69) is 0 Å². The fourth-order valence-electron chi connectivity index (χ4n) is 2.00. The minimum Gasteiger partial charge on any atom is -0.462 e. The molecular weight excluding hydrogens is 256 g/mol. The lowest BCUT2D eigenvalue weighted by atomic mass is 10.0. The van der Waals surface area contributed by atoms with Gasteiger partial charge in [0.1, 0.15) is 0 Å². The maximum Gasteiger partial charge on any atom is 0.339 e. The van der Waals surface area contributed by atoms with Crippen LogP contribution in [0.15, 0.2) is 36.4 Å². The van der Waals surface area contributed by atoms with Gasteiger partial charge in [0.15, 0.2) is 0 Å². The lowest BCUT2D eigenvalue weighted by Crippen LogP contribution is -2.14. The predicted molar refractivity (Wildman–Crippen MR) is 75.9 cm³/mol. The Morgan fingerprint density at radius 1 is 0.850 bits per heavy atom. The zero-order valence-electron chi connectivity index (χ0n) is 11.5. The molecule has 0 saturated heterocycles. The van der Waals surface area contributed by atoms with Gasteiger partial charge < -0.3 is 9.47 Å². The molecule has 0 unspecified atom stereocenters. The molecular formula is C16H16O4. The Labute approximate surface area is 117 Å². The highest BCUT2D eigenvalue weighted by Gasteiger charge is 2.20. The molecule has 0 fully saturated rings. The second-order valence-corrected chi connectivity index (χ2v) is 4.19. The van der Waals surface area contributed by atoms with E-state index in [0.717, 1.165) is 10.8 Å². The van der Waals surface area contributed by atoms with Gasteiger partial charge in [-0.25, -0.2) is 9.59 Å². The molecule has 0 N–H and O–H groups in total. The topological polar surface area (TPSA) is 52.6 Å². The number of ether oxygens (including phenoxy) is 2. The van der Waals surface area contributed by atoms with Crippen molar-refractivity contribution in [2.24, 2.45) is 0 Å². The van der Waals surface area contributed by atoms with Crippen molar-refractivity contribution < 1.29 is 19.1 Å². The molecule has 2 aromatic carbocycles. The smallest absolute Gasteiger partial charge is 0.339 e. The predicted octanol–water partition coefficient (Wildman–Crippen LogP) is 3.19. The van der Waals surface area contributed by atoms with E-state index in [-0.39, 0.29) is 24.3 Å². The van der Waals surface area contributed by atoms with Gasteiger partial charge in [0.2, 0.25) is 0 Å². The normalized spacial score (nSPS) is 10.3. The number of carbonyl (C=O) groups excluding carboxylic acids is 2. The van der Waals surface area contributed by atoms with Gasteiger partial charge in [-0.15, -0.1) is 0 Å². The molecule has 0 aliphatic rings. The minimum absolute atomic E-state index is 0.240. The number of hydrogen-bond donors (Lipinski definition) is 0. The molecule has 4 heteroatoms. The van der Waals surface area contributed by atoms with Crippen LogP contribution in [0.5, 0.6) is 0 Å². The van der Waals surface area contributed by atoms with Crippen LogP contribution < -0.4 is 0 Å². The van der Waals surface area contributed by atoms with Crippen molar-refractivity contribution >= 4 is 22.7 Å². The van der Waals surface area contributed by atoms with Crippen LogP contribution in [0.1, 0.15) is 34.6 Å². The number of carbonyl (C=O) groups is 2. The van der Waals surface area contributed by atoms with Crippen LogP contribution in [0.25, 0.3) is 10.8 Å². The van der Waals surface area contributed by atoms with Crippen LogP contribution in [0.4, 0.5) is 0 Å². The Kier molecular flexibility index (Phi) is 4.35. The fourth-order valence-corrected chi connectivity index (χ4v) is 2.00. The Balaban J connectivity index is 2.58. The molecule has 0 atom stereocenters. The van der Waals surface area contributed by atoms with E-state index in [9.17, 15) is 9.59 Å². The van der Waals surface area contributed by atoms with Gasteiger partial charge in [-0.2, -0.15) is 0 Å². The maximum atomic E-state index is 12.0. The fraction of sp³-hybridized carbons (Fsp3) is 0.250. The summed E-state index contributed by atoms with van der Waals surface area (Å²) < 4.78 is 10.00. The number of rotatable bonds is 4. The van der Waals surface area contributed by atoms with Crippen molar-refractivity contribution in [1.29, 1.82) is 0 Å². The lowest BCUT2D eigenvalue weighted by molar-refractivity contribution is 0.0479. The van der Waals surface area contributed by atoms with Crippen molar-refractivity contribution in [1.82, 2.24) is 0 Å². The summed E-state index contributed by atoms with van der Waals surface area (Å²) >= 11 is 0. The third kappa shape index (κ3) is 2.79. The van der Waals surface area contributed by atoms with Gasteiger partial charge in [0, 0.05) is 0 Å². The molecule has 0 aliphatic heterocycles. The molecule has 20 heavy (non-hydrogen) atoms. The monoisotopic (exact) mass is 272 g/mol. The first-order chi connectivity index (χ1) is 9.67. The highest BCUT2D eigenvalue weighted by Crippen LogP contribution is 2.22. The summed E-state index contributed by atoms with van der Waals surface area (Å²) in [6.07, 6.45) is 0. The average molecular weight is 272 g/mol. The van der Waals surface area contributed by atoms with Crippen LogP contribution in [-0.4, -0.2) is 25.2 Å². The Bertz CT molecular complexity index is 589. The van der Waals surface area contributed by atoms with Crippen LogP contribution in [-0.2, 0) is 9.47 Å².